The highest BCUT2D eigenvalue weighted by molar-refractivity contribution is 7.92. The fraction of sp³-hybridized carbons (Fsp3) is 0.417. The van der Waals surface area contributed by atoms with E-state index in [4.69, 9.17) is 11.6 Å². The van der Waals surface area contributed by atoms with Crippen LogP contribution in [0.5, 0.6) is 0 Å². The lowest BCUT2D eigenvalue weighted by molar-refractivity contribution is -0.139. The Morgan fingerprint density at radius 2 is 1.64 bits per heavy atom. The maximum absolute atomic E-state index is 13.5. The molecule has 0 saturated carbocycles. The van der Waals surface area contributed by atoms with Gasteiger partial charge in [-0.1, -0.05) is 55.8 Å². The van der Waals surface area contributed by atoms with Gasteiger partial charge in [-0.25, -0.2) is 8.42 Å². The molecule has 1 unspecified atom stereocenters. The van der Waals surface area contributed by atoms with Crippen molar-refractivity contribution in [2.45, 2.75) is 40.3 Å². The summed E-state index contributed by atoms with van der Waals surface area (Å²) >= 11 is 5.98. The first-order chi connectivity index (χ1) is 15.4. The van der Waals surface area contributed by atoms with Crippen LogP contribution in [-0.4, -0.2) is 50.5 Å². The summed E-state index contributed by atoms with van der Waals surface area (Å²) in [6.45, 7) is 7.58. The lowest BCUT2D eigenvalue weighted by Gasteiger charge is -2.32. The quantitative estimate of drug-likeness (QED) is 0.547. The van der Waals surface area contributed by atoms with Gasteiger partial charge in [0.1, 0.15) is 12.6 Å². The average Bonchev–Trinajstić information content (AvgIpc) is 2.74. The van der Waals surface area contributed by atoms with Crippen LogP contribution < -0.4 is 9.62 Å². The lowest BCUT2D eigenvalue weighted by Crippen LogP contribution is -2.51. The number of anilines is 1. The van der Waals surface area contributed by atoms with Crippen molar-refractivity contribution in [2.75, 3.05) is 23.7 Å². The number of para-hydroxylation sites is 1. The Balaban J connectivity index is 2.36. The summed E-state index contributed by atoms with van der Waals surface area (Å²) in [6, 6.07) is 13.1. The SMILES string of the molecule is Cc1ccccc1N(CC(=O)N(Cc1ccc(Cl)cc1)C(C)C(=O)NCC(C)C)S(C)(=O)=O. The number of benzene rings is 2. The molecule has 7 nitrogen and oxygen atoms in total. The van der Waals surface area contributed by atoms with E-state index in [-0.39, 0.29) is 18.4 Å². The number of carbonyl (C=O) groups is 2. The van der Waals surface area contributed by atoms with Gasteiger partial charge < -0.3 is 10.2 Å². The van der Waals surface area contributed by atoms with Crippen molar-refractivity contribution in [3.8, 4) is 0 Å². The van der Waals surface area contributed by atoms with Gasteiger partial charge >= 0.3 is 0 Å². The molecule has 9 heteroatoms. The zero-order chi connectivity index (χ0) is 24.8. The van der Waals surface area contributed by atoms with Crippen LogP contribution in [0.3, 0.4) is 0 Å². The molecule has 180 valence electrons. The number of carbonyl (C=O) groups excluding carboxylic acids is 2. The molecule has 2 aromatic rings. The molecule has 0 radical (unpaired) electrons. The minimum absolute atomic E-state index is 0.137. The van der Waals surface area contributed by atoms with Crippen molar-refractivity contribution in [3.05, 3.63) is 64.7 Å². The smallest absolute Gasteiger partial charge is 0.244 e. The van der Waals surface area contributed by atoms with Crippen molar-refractivity contribution in [3.63, 3.8) is 0 Å². The number of hydrogen-bond donors (Lipinski definition) is 1. The van der Waals surface area contributed by atoms with Crippen molar-refractivity contribution < 1.29 is 18.0 Å². The topological polar surface area (TPSA) is 86.8 Å². The monoisotopic (exact) mass is 493 g/mol. The number of hydrogen-bond acceptors (Lipinski definition) is 4. The molecule has 33 heavy (non-hydrogen) atoms. The van der Waals surface area contributed by atoms with Gasteiger partial charge in [0.15, 0.2) is 0 Å². The van der Waals surface area contributed by atoms with Gasteiger partial charge in [0.25, 0.3) is 0 Å². The minimum atomic E-state index is -3.75. The number of sulfonamides is 1. The molecule has 0 saturated heterocycles. The van der Waals surface area contributed by atoms with Gasteiger partial charge in [0.2, 0.25) is 21.8 Å². The van der Waals surface area contributed by atoms with Crippen LogP contribution in [0.1, 0.15) is 31.9 Å². The molecular weight excluding hydrogens is 462 g/mol. The highest BCUT2D eigenvalue weighted by atomic mass is 35.5. The van der Waals surface area contributed by atoms with Crippen molar-refractivity contribution in [1.82, 2.24) is 10.2 Å². The fourth-order valence-corrected chi connectivity index (χ4v) is 4.29. The van der Waals surface area contributed by atoms with Gasteiger partial charge in [0.05, 0.1) is 11.9 Å². The van der Waals surface area contributed by atoms with Crippen molar-refractivity contribution in [1.29, 1.82) is 0 Å². The zero-order valence-electron chi connectivity index (χ0n) is 19.7. The number of rotatable bonds is 10. The van der Waals surface area contributed by atoms with E-state index in [1.807, 2.05) is 13.8 Å². The second-order valence-corrected chi connectivity index (χ2v) is 10.9. The Bertz CT molecular complexity index is 1070. The molecule has 0 aliphatic heterocycles. The molecule has 1 atom stereocenters. The third kappa shape index (κ3) is 7.75. The highest BCUT2D eigenvalue weighted by Crippen LogP contribution is 2.23. The summed E-state index contributed by atoms with van der Waals surface area (Å²) in [6.07, 6.45) is 1.06. The van der Waals surface area contributed by atoms with Gasteiger partial charge in [-0.15, -0.1) is 0 Å². The van der Waals surface area contributed by atoms with Crippen LogP contribution in [0, 0.1) is 12.8 Å². The minimum Gasteiger partial charge on any atom is -0.354 e. The molecule has 0 bridgehead atoms. The molecule has 0 heterocycles. The number of amides is 2. The second-order valence-electron chi connectivity index (χ2n) is 8.52. The van der Waals surface area contributed by atoms with E-state index in [2.05, 4.69) is 5.32 Å². The van der Waals surface area contributed by atoms with E-state index < -0.39 is 28.5 Å². The zero-order valence-corrected chi connectivity index (χ0v) is 21.3. The number of aryl methyl sites for hydroxylation is 1. The molecule has 0 fully saturated rings. The first-order valence-corrected chi connectivity index (χ1v) is 13.0. The fourth-order valence-electron chi connectivity index (χ4n) is 3.26. The first-order valence-electron chi connectivity index (χ1n) is 10.7. The molecule has 2 amide bonds. The maximum Gasteiger partial charge on any atom is 0.244 e. The number of nitrogens with one attached hydrogen (secondary N) is 1. The molecule has 2 aromatic carbocycles. The summed E-state index contributed by atoms with van der Waals surface area (Å²) < 4.78 is 26.2. The van der Waals surface area contributed by atoms with Crippen LogP contribution in [0.25, 0.3) is 0 Å². The Hall–Kier alpha value is -2.58. The third-order valence-corrected chi connectivity index (χ3v) is 6.56. The van der Waals surface area contributed by atoms with E-state index in [0.29, 0.717) is 17.3 Å². The highest BCUT2D eigenvalue weighted by Gasteiger charge is 2.30. The van der Waals surface area contributed by atoms with E-state index in [1.54, 1.807) is 62.4 Å². The molecule has 2 rings (SSSR count). The maximum atomic E-state index is 13.5. The summed E-state index contributed by atoms with van der Waals surface area (Å²) in [5.41, 5.74) is 1.93. The largest absolute Gasteiger partial charge is 0.354 e. The summed E-state index contributed by atoms with van der Waals surface area (Å²) in [5.74, 6) is -0.526. The van der Waals surface area contributed by atoms with E-state index in [0.717, 1.165) is 21.7 Å². The Labute approximate surface area is 201 Å². The molecule has 0 spiro atoms. The van der Waals surface area contributed by atoms with Crippen LogP contribution in [0.2, 0.25) is 5.02 Å². The number of halogens is 1. The van der Waals surface area contributed by atoms with E-state index in [1.165, 1.54) is 4.90 Å². The van der Waals surface area contributed by atoms with E-state index in [9.17, 15) is 18.0 Å². The summed E-state index contributed by atoms with van der Waals surface area (Å²) in [7, 11) is -3.75. The lowest BCUT2D eigenvalue weighted by atomic mass is 10.1. The third-order valence-electron chi connectivity index (χ3n) is 5.18. The molecule has 0 aromatic heterocycles. The van der Waals surface area contributed by atoms with Crippen LogP contribution in [0.4, 0.5) is 5.69 Å². The van der Waals surface area contributed by atoms with Crippen molar-refractivity contribution >= 4 is 39.1 Å². The van der Waals surface area contributed by atoms with Crippen LogP contribution >= 0.6 is 11.6 Å². The Morgan fingerprint density at radius 1 is 1.03 bits per heavy atom. The number of nitrogens with zero attached hydrogens (tertiary/aromatic N) is 2. The predicted molar refractivity (Wildman–Crippen MR) is 133 cm³/mol. The van der Waals surface area contributed by atoms with Gasteiger partial charge in [-0.05, 0) is 49.1 Å². The molecule has 1 N–H and O–H groups in total. The predicted octanol–water partition coefficient (Wildman–Crippen LogP) is 3.60. The van der Waals surface area contributed by atoms with Crippen molar-refractivity contribution in [2.24, 2.45) is 5.92 Å². The normalized spacial score (nSPS) is 12.3. The first kappa shape index (κ1) is 26.7. The summed E-state index contributed by atoms with van der Waals surface area (Å²) in [4.78, 5) is 27.6. The average molecular weight is 494 g/mol. The molecule has 0 aliphatic carbocycles. The standard InChI is InChI=1S/C24H32ClN3O4S/c1-17(2)14-26-24(30)19(4)27(15-20-10-12-21(25)13-11-20)23(29)16-28(33(5,31)32)22-9-7-6-8-18(22)3/h6-13,17,19H,14-16H2,1-5H3,(H,26,30). The Morgan fingerprint density at radius 3 is 2.18 bits per heavy atom. The second kappa shape index (κ2) is 11.5. The van der Waals surface area contributed by atoms with Crippen LogP contribution in [-0.2, 0) is 26.2 Å². The van der Waals surface area contributed by atoms with Gasteiger partial charge in [-0.3, -0.25) is 13.9 Å². The molecular formula is C24H32ClN3O4S. The van der Waals surface area contributed by atoms with E-state index >= 15 is 0 Å². The van der Waals surface area contributed by atoms with Gasteiger partial charge in [0, 0.05) is 18.1 Å². The van der Waals surface area contributed by atoms with Gasteiger partial charge in [-0.2, -0.15) is 0 Å². The molecule has 0 aliphatic rings. The van der Waals surface area contributed by atoms with Crippen LogP contribution in [0.15, 0.2) is 48.5 Å². The summed E-state index contributed by atoms with van der Waals surface area (Å²) in [5, 5.41) is 3.41. The Kier molecular flexibility index (Phi) is 9.31.